The first-order chi connectivity index (χ1) is 12.0. The van der Waals surface area contributed by atoms with Gasteiger partial charge in [0.05, 0.1) is 22.8 Å². The van der Waals surface area contributed by atoms with E-state index in [9.17, 15) is 13.2 Å². The summed E-state index contributed by atoms with van der Waals surface area (Å²) in [7, 11) is -2.19. The maximum absolute atomic E-state index is 13.2. The molecule has 0 bridgehead atoms. The lowest BCUT2D eigenvalue weighted by Gasteiger charge is -2.31. The number of fused-ring (bicyclic) bond motifs is 2. The van der Waals surface area contributed by atoms with Crippen molar-refractivity contribution in [1.29, 1.82) is 0 Å². The largest absolute Gasteiger partial charge is 0.489 e. The van der Waals surface area contributed by atoms with Gasteiger partial charge in [0.25, 0.3) is 15.9 Å². The number of benzene rings is 2. The number of ether oxygens (including phenoxy) is 2. The van der Waals surface area contributed by atoms with Crippen molar-refractivity contribution in [3.8, 4) is 11.5 Å². The van der Waals surface area contributed by atoms with Crippen LogP contribution in [-0.2, 0) is 14.8 Å². The number of rotatable bonds is 2. The van der Waals surface area contributed by atoms with E-state index in [2.05, 4.69) is 0 Å². The number of carbonyl (C=O) groups excluding carboxylic acids is 1. The second kappa shape index (κ2) is 5.66. The lowest BCUT2D eigenvalue weighted by molar-refractivity contribution is -0.120. The molecule has 2 aromatic carbocycles. The zero-order chi connectivity index (χ0) is 17.6. The Morgan fingerprint density at radius 3 is 2.60 bits per heavy atom. The van der Waals surface area contributed by atoms with Crippen LogP contribution >= 0.6 is 0 Å². The fourth-order valence-electron chi connectivity index (χ4n) is 2.93. The SMILES string of the molecule is CN1C(=O)COc2ccc(S(=O)(=O)N3CCOc4ccccc43)cc21. The van der Waals surface area contributed by atoms with E-state index in [1.807, 2.05) is 0 Å². The fraction of sp³-hybridized carbons (Fsp3) is 0.235. The molecule has 7 nitrogen and oxygen atoms in total. The molecule has 0 fully saturated rings. The Balaban J connectivity index is 1.79. The van der Waals surface area contributed by atoms with Gasteiger partial charge in [-0.1, -0.05) is 12.1 Å². The maximum atomic E-state index is 13.2. The highest BCUT2D eigenvalue weighted by Crippen LogP contribution is 2.38. The van der Waals surface area contributed by atoms with Crippen molar-refractivity contribution in [2.45, 2.75) is 4.90 Å². The minimum atomic E-state index is -3.79. The zero-order valence-corrected chi connectivity index (χ0v) is 14.3. The third-order valence-corrected chi connectivity index (χ3v) is 6.10. The lowest BCUT2D eigenvalue weighted by atomic mass is 10.2. The minimum absolute atomic E-state index is 0.0492. The molecule has 0 saturated carbocycles. The third kappa shape index (κ3) is 2.49. The molecule has 4 rings (SSSR count). The summed E-state index contributed by atoms with van der Waals surface area (Å²) in [6.45, 7) is 0.455. The van der Waals surface area contributed by atoms with Gasteiger partial charge >= 0.3 is 0 Å². The van der Waals surface area contributed by atoms with Gasteiger partial charge in [-0.3, -0.25) is 9.10 Å². The number of carbonyl (C=O) groups is 1. The fourth-order valence-corrected chi connectivity index (χ4v) is 4.41. The second-order valence-electron chi connectivity index (χ2n) is 5.76. The van der Waals surface area contributed by atoms with E-state index < -0.39 is 10.0 Å². The van der Waals surface area contributed by atoms with E-state index >= 15 is 0 Å². The molecule has 0 aliphatic carbocycles. The summed E-state index contributed by atoms with van der Waals surface area (Å²) >= 11 is 0. The van der Waals surface area contributed by atoms with Gasteiger partial charge in [-0.2, -0.15) is 0 Å². The standard InChI is InChI=1S/C17H16N2O5S/c1-18-14-10-12(6-7-16(14)24-11-17(18)20)25(21,22)19-8-9-23-15-5-3-2-4-13(15)19/h2-7,10H,8-9,11H2,1H3. The van der Waals surface area contributed by atoms with Crippen LogP contribution in [0.15, 0.2) is 47.4 Å². The predicted molar refractivity (Wildman–Crippen MR) is 91.8 cm³/mol. The number of likely N-dealkylation sites (N-methyl/N-ethyl adjacent to an activating group) is 1. The minimum Gasteiger partial charge on any atom is -0.489 e. The molecule has 0 saturated heterocycles. The summed E-state index contributed by atoms with van der Waals surface area (Å²) in [5.74, 6) is 0.799. The smallest absolute Gasteiger partial charge is 0.264 e. The Bertz CT molecular complexity index is 957. The van der Waals surface area contributed by atoms with Crippen molar-refractivity contribution >= 4 is 27.3 Å². The highest BCUT2D eigenvalue weighted by atomic mass is 32.2. The lowest BCUT2D eigenvalue weighted by Crippen LogP contribution is -2.38. The summed E-state index contributed by atoms with van der Waals surface area (Å²) in [4.78, 5) is 13.3. The average Bonchev–Trinajstić information content (AvgIpc) is 2.64. The van der Waals surface area contributed by atoms with Gasteiger partial charge in [0.15, 0.2) is 6.61 Å². The van der Waals surface area contributed by atoms with Crippen LogP contribution in [0.4, 0.5) is 11.4 Å². The van der Waals surface area contributed by atoms with Crippen LogP contribution in [-0.4, -0.2) is 41.1 Å². The molecule has 0 spiro atoms. The molecule has 8 heteroatoms. The molecular weight excluding hydrogens is 344 g/mol. The topological polar surface area (TPSA) is 76.2 Å². The molecule has 0 aromatic heterocycles. The molecule has 0 radical (unpaired) electrons. The Kier molecular flexibility index (Phi) is 3.57. The molecule has 2 aliphatic heterocycles. The monoisotopic (exact) mass is 360 g/mol. The van der Waals surface area contributed by atoms with Gasteiger partial charge in [0.1, 0.15) is 18.1 Å². The first kappa shape index (κ1) is 15.8. The molecule has 2 heterocycles. The van der Waals surface area contributed by atoms with Crippen molar-refractivity contribution in [1.82, 2.24) is 0 Å². The van der Waals surface area contributed by atoms with E-state index in [1.54, 1.807) is 37.4 Å². The number of nitrogens with zero attached hydrogens (tertiary/aromatic N) is 2. The highest BCUT2D eigenvalue weighted by Gasteiger charge is 2.32. The summed E-state index contributed by atoms with van der Waals surface area (Å²) in [5.41, 5.74) is 0.950. The van der Waals surface area contributed by atoms with Crippen molar-refractivity contribution in [2.24, 2.45) is 0 Å². The van der Waals surface area contributed by atoms with Crippen LogP contribution in [0.25, 0.3) is 0 Å². The summed E-state index contributed by atoms with van der Waals surface area (Å²) < 4.78 is 38.5. The first-order valence-corrected chi connectivity index (χ1v) is 9.20. The number of hydrogen-bond donors (Lipinski definition) is 0. The number of hydrogen-bond acceptors (Lipinski definition) is 5. The van der Waals surface area contributed by atoms with Crippen LogP contribution in [0.2, 0.25) is 0 Å². The second-order valence-corrected chi connectivity index (χ2v) is 7.63. The third-order valence-electron chi connectivity index (χ3n) is 4.29. The first-order valence-electron chi connectivity index (χ1n) is 7.76. The molecule has 2 aromatic rings. The van der Waals surface area contributed by atoms with Gasteiger partial charge in [-0.05, 0) is 30.3 Å². The van der Waals surface area contributed by atoms with Crippen LogP contribution in [0.3, 0.4) is 0 Å². The Labute approximate surface area is 145 Å². The van der Waals surface area contributed by atoms with Crippen molar-refractivity contribution < 1.29 is 22.7 Å². The zero-order valence-electron chi connectivity index (χ0n) is 13.5. The number of amides is 1. The number of sulfonamides is 1. The van der Waals surface area contributed by atoms with Gasteiger partial charge < -0.3 is 14.4 Å². The van der Waals surface area contributed by atoms with E-state index in [0.29, 0.717) is 22.9 Å². The summed E-state index contributed by atoms with van der Waals surface area (Å²) in [5, 5.41) is 0. The Hall–Kier alpha value is -2.74. The van der Waals surface area contributed by atoms with E-state index in [-0.39, 0.29) is 30.6 Å². The Morgan fingerprint density at radius 1 is 1.00 bits per heavy atom. The normalized spacial score (nSPS) is 16.6. The molecule has 25 heavy (non-hydrogen) atoms. The average molecular weight is 360 g/mol. The molecule has 1 amide bonds. The number of para-hydroxylation sites is 2. The highest BCUT2D eigenvalue weighted by molar-refractivity contribution is 7.92. The molecule has 0 atom stereocenters. The van der Waals surface area contributed by atoms with Crippen molar-refractivity contribution in [3.05, 3.63) is 42.5 Å². The van der Waals surface area contributed by atoms with Crippen molar-refractivity contribution in [2.75, 3.05) is 36.0 Å². The van der Waals surface area contributed by atoms with Crippen LogP contribution in [0, 0.1) is 0 Å². The summed E-state index contributed by atoms with van der Waals surface area (Å²) in [6.07, 6.45) is 0. The maximum Gasteiger partial charge on any atom is 0.264 e. The van der Waals surface area contributed by atoms with E-state index in [0.717, 1.165) is 0 Å². The van der Waals surface area contributed by atoms with E-state index in [1.165, 1.54) is 21.3 Å². The molecule has 2 aliphatic rings. The molecule has 0 unspecified atom stereocenters. The van der Waals surface area contributed by atoms with Gasteiger partial charge in [-0.15, -0.1) is 0 Å². The van der Waals surface area contributed by atoms with Crippen LogP contribution in [0.1, 0.15) is 0 Å². The molecular formula is C17H16N2O5S. The molecule has 0 N–H and O–H groups in total. The number of anilines is 2. The van der Waals surface area contributed by atoms with Gasteiger partial charge in [0.2, 0.25) is 0 Å². The van der Waals surface area contributed by atoms with Crippen molar-refractivity contribution in [3.63, 3.8) is 0 Å². The van der Waals surface area contributed by atoms with Crippen LogP contribution in [0.5, 0.6) is 11.5 Å². The predicted octanol–water partition coefficient (Wildman–Crippen LogP) is 1.63. The summed E-state index contributed by atoms with van der Waals surface area (Å²) in [6, 6.07) is 11.6. The quantitative estimate of drug-likeness (QED) is 0.814. The Morgan fingerprint density at radius 2 is 1.76 bits per heavy atom. The molecule has 130 valence electrons. The van der Waals surface area contributed by atoms with E-state index in [4.69, 9.17) is 9.47 Å². The van der Waals surface area contributed by atoms with Gasteiger partial charge in [0, 0.05) is 7.05 Å². The van der Waals surface area contributed by atoms with Crippen LogP contribution < -0.4 is 18.7 Å². The van der Waals surface area contributed by atoms with Gasteiger partial charge in [-0.25, -0.2) is 8.42 Å².